The third kappa shape index (κ3) is 3.02. The van der Waals surface area contributed by atoms with E-state index >= 15 is 0 Å². The lowest BCUT2D eigenvalue weighted by Crippen LogP contribution is -2.43. The van der Waals surface area contributed by atoms with Crippen LogP contribution in [0.25, 0.3) is 5.65 Å². The standard InChI is InChI=1S/C17H23N5O/c23-17(19-14-3-1-2-4-14)13-6-10-21(11-7-13)15-8-12-22-16(20-15)5-9-18-22/h5,8-9,12-14H,1-4,6-7,10-11H2,(H,19,23). The summed E-state index contributed by atoms with van der Waals surface area (Å²) >= 11 is 0. The molecule has 6 nitrogen and oxygen atoms in total. The van der Waals surface area contributed by atoms with Crippen molar-refractivity contribution in [2.45, 2.75) is 44.6 Å². The van der Waals surface area contributed by atoms with Gasteiger partial charge in [0.15, 0.2) is 5.65 Å². The van der Waals surface area contributed by atoms with E-state index in [1.807, 2.05) is 18.3 Å². The fraction of sp³-hybridized carbons (Fsp3) is 0.588. The summed E-state index contributed by atoms with van der Waals surface area (Å²) in [5, 5.41) is 7.41. The van der Waals surface area contributed by atoms with Crippen LogP contribution in [-0.2, 0) is 4.79 Å². The molecule has 0 atom stereocenters. The zero-order chi connectivity index (χ0) is 15.6. The van der Waals surface area contributed by atoms with Gasteiger partial charge < -0.3 is 10.2 Å². The molecule has 23 heavy (non-hydrogen) atoms. The normalized spacial score (nSPS) is 20.3. The summed E-state index contributed by atoms with van der Waals surface area (Å²) < 4.78 is 1.77. The first-order valence-electron chi connectivity index (χ1n) is 8.65. The second-order valence-electron chi connectivity index (χ2n) is 6.67. The molecule has 0 radical (unpaired) electrons. The number of aromatic nitrogens is 3. The van der Waals surface area contributed by atoms with E-state index in [-0.39, 0.29) is 11.8 Å². The monoisotopic (exact) mass is 313 g/mol. The topological polar surface area (TPSA) is 62.5 Å². The summed E-state index contributed by atoms with van der Waals surface area (Å²) in [7, 11) is 0. The number of piperidine rings is 1. The quantitative estimate of drug-likeness (QED) is 0.941. The molecule has 6 heteroatoms. The Balaban J connectivity index is 1.35. The lowest BCUT2D eigenvalue weighted by atomic mass is 9.95. The molecule has 1 aliphatic carbocycles. The first-order valence-corrected chi connectivity index (χ1v) is 8.65. The van der Waals surface area contributed by atoms with Crippen LogP contribution in [0.2, 0.25) is 0 Å². The van der Waals surface area contributed by atoms with Crippen molar-refractivity contribution >= 4 is 17.4 Å². The second kappa shape index (κ2) is 6.18. The molecular formula is C17H23N5O. The minimum Gasteiger partial charge on any atom is -0.356 e. The highest BCUT2D eigenvalue weighted by molar-refractivity contribution is 5.79. The van der Waals surface area contributed by atoms with Crippen molar-refractivity contribution in [3.63, 3.8) is 0 Å². The number of nitrogens with zero attached hydrogens (tertiary/aromatic N) is 4. The molecule has 2 fully saturated rings. The van der Waals surface area contributed by atoms with Gasteiger partial charge in [-0.3, -0.25) is 4.79 Å². The van der Waals surface area contributed by atoms with E-state index in [1.165, 1.54) is 12.8 Å². The van der Waals surface area contributed by atoms with E-state index in [2.05, 4.69) is 20.3 Å². The molecule has 0 aromatic carbocycles. The lowest BCUT2D eigenvalue weighted by Gasteiger charge is -2.32. The molecule has 0 bridgehead atoms. The van der Waals surface area contributed by atoms with Crippen LogP contribution in [0.15, 0.2) is 24.5 Å². The van der Waals surface area contributed by atoms with E-state index in [1.54, 1.807) is 10.7 Å². The molecule has 0 spiro atoms. The average molecular weight is 313 g/mol. The number of nitrogens with one attached hydrogen (secondary N) is 1. The van der Waals surface area contributed by atoms with Gasteiger partial charge in [-0.25, -0.2) is 9.50 Å². The Morgan fingerprint density at radius 1 is 1.13 bits per heavy atom. The van der Waals surface area contributed by atoms with Gasteiger partial charge in [0.05, 0.1) is 6.20 Å². The van der Waals surface area contributed by atoms with Crippen molar-refractivity contribution in [2.75, 3.05) is 18.0 Å². The van der Waals surface area contributed by atoms with Gasteiger partial charge >= 0.3 is 0 Å². The van der Waals surface area contributed by atoms with Crippen LogP contribution in [0.3, 0.4) is 0 Å². The third-order valence-corrected chi connectivity index (χ3v) is 5.13. The maximum absolute atomic E-state index is 12.4. The molecule has 1 aliphatic heterocycles. The van der Waals surface area contributed by atoms with Gasteiger partial charge in [0.2, 0.25) is 5.91 Å². The Morgan fingerprint density at radius 3 is 2.70 bits per heavy atom. The van der Waals surface area contributed by atoms with Crippen LogP contribution in [0.1, 0.15) is 38.5 Å². The minimum atomic E-state index is 0.158. The molecule has 3 heterocycles. The fourth-order valence-electron chi connectivity index (χ4n) is 3.74. The van der Waals surface area contributed by atoms with Gasteiger partial charge in [0.1, 0.15) is 5.82 Å². The SMILES string of the molecule is O=C(NC1CCCC1)C1CCN(c2ccn3nccc3n2)CC1. The van der Waals surface area contributed by atoms with Crippen LogP contribution in [0.5, 0.6) is 0 Å². The van der Waals surface area contributed by atoms with Crippen LogP contribution < -0.4 is 10.2 Å². The highest BCUT2D eigenvalue weighted by atomic mass is 16.1. The zero-order valence-corrected chi connectivity index (χ0v) is 13.3. The first-order chi connectivity index (χ1) is 11.3. The number of amides is 1. The number of fused-ring (bicyclic) bond motifs is 1. The van der Waals surface area contributed by atoms with Gasteiger partial charge in [-0.15, -0.1) is 0 Å². The number of carbonyl (C=O) groups is 1. The Kier molecular flexibility index (Phi) is 3.89. The smallest absolute Gasteiger partial charge is 0.223 e. The molecule has 1 saturated carbocycles. The maximum atomic E-state index is 12.4. The van der Waals surface area contributed by atoms with E-state index in [4.69, 9.17) is 0 Å². The van der Waals surface area contributed by atoms with Crippen LogP contribution in [0, 0.1) is 5.92 Å². The summed E-state index contributed by atoms with van der Waals surface area (Å²) in [6.45, 7) is 1.78. The summed E-state index contributed by atoms with van der Waals surface area (Å²) in [6.07, 6.45) is 10.3. The molecule has 1 amide bonds. The highest BCUT2D eigenvalue weighted by Gasteiger charge is 2.27. The van der Waals surface area contributed by atoms with Crippen LogP contribution in [0.4, 0.5) is 5.82 Å². The van der Waals surface area contributed by atoms with Crippen molar-refractivity contribution in [1.29, 1.82) is 0 Å². The molecule has 4 rings (SSSR count). The van der Waals surface area contributed by atoms with E-state index in [0.717, 1.165) is 50.2 Å². The van der Waals surface area contributed by atoms with E-state index in [0.29, 0.717) is 6.04 Å². The largest absolute Gasteiger partial charge is 0.356 e. The molecule has 0 unspecified atom stereocenters. The summed E-state index contributed by atoms with van der Waals surface area (Å²) in [5.41, 5.74) is 0.864. The van der Waals surface area contributed by atoms with Gasteiger partial charge in [-0.2, -0.15) is 5.10 Å². The average Bonchev–Trinajstić information content (AvgIpc) is 3.25. The predicted molar refractivity (Wildman–Crippen MR) is 88.3 cm³/mol. The molecule has 2 aliphatic rings. The van der Waals surface area contributed by atoms with E-state index < -0.39 is 0 Å². The Hall–Kier alpha value is -2.11. The fourth-order valence-corrected chi connectivity index (χ4v) is 3.74. The molecule has 122 valence electrons. The third-order valence-electron chi connectivity index (χ3n) is 5.13. The Morgan fingerprint density at radius 2 is 1.91 bits per heavy atom. The summed E-state index contributed by atoms with van der Waals surface area (Å²) in [4.78, 5) is 19.3. The number of carbonyl (C=O) groups excluding carboxylic acids is 1. The zero-order valence-electron chi connectivity index (χ0n) is 13.3. The van der Waals surface area contributed by atoms with Gasteiger partial charge in [-0.1, -0.05) is 12.8 Å². The number of anilines is 1. The number of rotatable bonds is 3. The number of hydrogen-bond donors (Lipinski definition) is 1. The molecule has 2 aromatic rings. The Labute approximate surface area is 135 Å². The van der Waals surface area contributed by atoms with Gasteiger partial charge in [-0.05, 0) is 31.7 Å². The molecule has 1 N–H and O–H groups in total. The predicted octanol–water partition coefficient (Wildman–Crippen LogP) is 2.00. The maximum Gasteiger partial charge on any atom is 0.223 e. The van der Waals surface area contributed by atoms with Crippen LogP contribution in [-0.4, -0.2) is 39.6 Å². The van der Waals surface area contributed by atoms with Crippen molar-refractivity contribution in [2.24, 2.45) is 5.92 Å². The van der Waals surface area contributed by atoms with Crippen LogP contribution >= 0.6 is 0 Å². The van der Waals surface area contributed by atoms with E-state index in [9.17, 15) is 4.79 Å². The van der Waals surface area contributed by atoms with Crippen molar-refractivity contribution in [3.05, 3.63) is 24.5 Å². The second-order valence-corrected chi connectivity index (χ2v) is 6.67. The lowest BCUT2D eigenvalue weighted by molar-refractivity contribution is -0.126. The molecular weight excluding hydrogens is 290 g/mol. The van der Waals surface area contributed by atoms with Crippen molar-refractivity contribution in [1.82, 2.24) is 19.9 Å². The van der Waals surface area contributed by atoms with Gasteiger partial charge in [0.25, 0.3) is 0 Å². The highest BCUT2D eigenvalue weighted by Crippen LogP contribution is 2.24. The molecule has 2 aromatic heterocycles. The molecule has 1 saturated heterocycles. The summed E-state index contributed by atoms with van der Waals surface area (Å²) in [6, 6.07) is 4.33. The van der Waals surface area contributed by atoms with Crippen molar-refractivity contribution in [3.8, 4) is 0 Å². The number of hydrogen-bond acceptors (Lipinski definition) is 4. The summed E-state index contributed by atoms with van der Waals surface area (Å²) in [5.74, 6) is 1.40. The Bertz CT molecular complexity index is 683. The first kappa shape index (κ1) is 14.5. The van der Waals surface area contributed by atoms with Gasteiger partial charge in [0, 0.05) is 37.3 Å². The van der Waals surface area contributed by atoms with Crippen molar-refractivity contribution < 1.29 is 4.79 Å². The minimum absolute atomic E-state index is 0.158.